The van der Waals surface area contributed by atoms with Crippen LogP contribution in [0.15, 0.2) is 53.5 Å². The summed E-state index contributed by atoms with van der Waals surface area (Å²) in [5.74, 6) is 2.33. The standard InChI is InChI=1S/C24H34N4O2.HI/c1-4-25-24(26-17-20-10-11-22(29-2)23(16-20)30-3)27-21-12-14-28(15-13-21)18-19-8-6-5-7-9-19;/h5-11,16,21H,4,12-15,17-18H2,1-3H3,(H2,25,26,27);1H. The summed E-state index contributed by atoms with van der Waals surface area (Å²) >= 11 is 0. The van der Waals surface area contributed by atoms with Gasteiger partial charge in [0.25, 0.3) is 0 Å². The molecule has 1 fully saturated rings. The number of hydrogen-bond acceptors (Lipinski definition) is 4. The van der Waals surface area contributed by atoms with E-state index in [1.54, 1.807) is 14.2 Å². The van der Waals surface area contributed by atoms with E-state index >= 15 is 0 Å². The van der Waals surface area contributed by atoms with Crippen molar-refractivity contribution in [3.8, 4) is 11.5 Å². The van der Waals surface area contributed by atoms with E-state index in [-0.39, 0.29) is 24.0 Å². The Morgan fingerprint density at radius 3 is 2.35 bits per heavy atom. The number of halogens is 1. The molecule has 0 saturated carbocycles. The second-order valence-corrected chi connectivity index (χ2v) is 7.56. The van der Waals surface area contributed by atoms with Crippen LogP contribution in [-0.2, 0) is 13.1 Å². The van der Waals surface area contributed by atoms with E-state index in [4.69, 9.17) is 14.5 Å². The Bertz CT molecular complexity index is 808. The SMILES string of the molecule is CCNC(=NCc1ccc(OC)c(OC)c1)NC1CCN(Cc2ccccc2)CC1.I. The molecule has 6 nitrogen and oxygen atoms in total. The van der Waals surface area contributed by atoms with Crippen LogP contribution in [0.25, 0.3) is 0 Å². The van der Waals surface area contributed by atoms with Gasteiger partial charge < -0.3 is 20.1 Å². The monoisotopic (exact) mass is 538 g/mol. The summed E-state index contributed by atoms with van der Waals surface area (Å²) in [4.78, 5) is 7.31. The molecule has 170 valence electrons. The number of guanidine groups is 1. The zero-order valence-corrected chi connectivity index (χ0v) is 21.1. The van der Waals surface area contributed by atoms with Crippen molar-refractivity contribution < 1.29 is 9.47 Å². The Balaban J connectivity index is 0.00000341. The molecule has 1 aliphatic rings. The fraction of sp³-hybridized carbons (Fsp3) is 0.458. The Morgan fingerprint density at radius 2 is 1.71 bits per heavy atom. The zero-order chi connectivity index (χ0) is 21.2. The van der Waals surface area contributed by atoms with Crippen molar-refractivity contribution in [1.29, 1.82) is 0 Å². The van der Waals surface area contributed by atoms with E-state index in [1.807, 2.05) is 18.2 Å². The lowest BCUT2D eigenvalue weighted by atomic mass is 10.0. The van der Waals surface area contributed by atoms with Crippen molar-refractivity contribution in [3.05, 3.63) is 59.7 Å². The van der Waals surface area contributed by atoms with Gasteiger partial charge in [-0.05, 0) is 43.0 Å². The van der Waals surface area contributed by atoms with Gasteiger partial charge in [0.1, 0.15) is 0 Å². The summed E-state index contributed by atoms with van der Waals surface area (Å²) < 4.78 is 10.7. The highest BCUT2D eigenvalue weighted by atomic mass is 127. The molecule has 0 amide bonds. The number of methoxy groups -OCH3 is 2. The van der Waals surface area contributed by atoms with Gasteiger partial charge in [-0.3, -0.25) is 4.90 Å². The van der Waals surface area contributed by atoms with E-state index < -0.39 is 0 Å². The number of likely N-dealkylation sites (tertiary alicyclic amines) is 1. The maximum atomic E-state index is 5.40. The molecular formula is C24H35IN4O2. The number of nitrogens with one attached hydrogen (secondary N) is 2. The summed E-state index contributed by atoms with van der Waals surface area (Å²) in [5.41, 5.74) is 2.47. The van der Waals surface area contributed by atoms with Gasteiger partial charge in [0, 0.05) is 32.2 Å². The van der Waals surface area contributed by atoms with Gasteiger partial charge in [-0.1, -0.05) is 36.4 Å². The molecule has 1 aliphatic heterocycles. The highest BCUT2D eigenvalue weighted by Gasteiger charge is 2.20. The highest BCUT2D eigenvalue weighted by molar-refractivity contribution is 14.0. The van der Waals surface area contributed by atoms with E-state index in [0.717, 1.165) is 62.0 Å². The minimum Gasteiger partial charge on any atom is -0.493 e. The minimum atomic E-state index is 0. The van der Waals surface area contributed by atoms with Crippen LogP contribution < -0.4 is 20.1 Å². The molecule has 0 atom stereocenters. The summed E-state index contributed by atoms with van der Waals surface area (Å²) in [6, 6.07) is 17.1. The quantitative estimate of drug-likeness (QED) is 0.302. The van der Waals surface area contributed by atoms with Crippen molar-refractivity contribution >= 4 is 29.9 Å². The molecule has 31 heavy (non-hydrogen) atoms. The van der Waals surface area contributed by atoms with Crippen LogP contribution in [0.5, 0.6) is 11.5 Å². The fourth-order valence-corrected chi connectivity index (χ4v) is 3.74. The Labute approximate surface area is 203 Å². The molecule has 2 N–H and O–H groups in total. The van der Waals surface area contributed by atoms with Gasteiger partial charge in [0.15, 0.2) is 17.5 Å². The topological polar surface area (TPSA) is 58.1 Å². The highest BCUT2D eigenvalue weighted by Crippen LogP contribution is 2.27. The number of hydrogen-bond donors (Lipinski definition) is 2. The number of nitrogens with zero attached hydrogens (tertiary/aromatic N) is 2. The first-order chi connectivity index (χ1) is 14.7. The third-order valence-electron chi connectivity index (χ3n) is 5.39. The predicted octanol–water partition coefficient (Wildman–Crippen LogP) is 4.04. The van der Waals surface area contributed by atoms with Gasteiger partial charge in [-0.2, -0.15) is 0 Å². The molecule has 0 unspecified atom stereocenters. The van der Waals surface area contributed by atoms with Crippen molar-refractivity contribution in [2.45, 2.75) is 38.9 Å². The maximum absolute atomic E-state index is 5.40. The Hall–Kier alpha value is -2.00. The van der Waals surface area contributed by atoms with Crippen LogP contribution in [0.3, 0.4) is 0 Å². The second kappa shape index (κ2) is 13.4. The molecular weight excluding hydrogens is 503 g/mol. The smallest absolute Gasteiger partial charge is 0.191 e. The normalized spacial score (nSPS) is 15.1. The molecule has 0 radical (unpaired) electrons. The average molecular weight is 538 g/mol. The lowest BCUT2D eigenvalue weighted by Gasteiger charge is -2.33. The molecule has 1 saturated heterocycles. The first kappa shape index (κ1) is 25.3. The largest absolute Gasteiger partial charge is 0.493 e. The molecule has 0 spiro atoms. The summed E-state index contributed by atoms with van der Waals surface area (Å²) in [5, 5.41) is 6.99. The van der Waals surface area contributed by atoms with Crippen molar-refractivity contribution in [2.24, 2.45) is 4.99 Å². The zero-order valence-electron chi connectivity index (χ0n) is 18.8. The van der Waals surface area contributed by atoms with Crippen LogP contribution in [0.4, 0.5) is 0 Å². The third kappa shape index (κ3) is 7.88. The second-order valence-electron chi connectivity index (χ2n) is 7.56. The number of ether oxygens (including phenoxy) is 2. The number of rotatable bonds is 8. The van der Waals surface area contributed by atoms with E-state index in [1.165, 1.54) is 5.56 Å². The first-order valence-corrected chi connectivity index (χ1v) is 10.7. The van der Waals surface area contributed by atoms with Gasteiger partial charge in [-0.15, -0.1) is 24.0 Å². The summed E-state index contributed by atoms with van der Waals surface area (Å²) in [6.07, 6.45) is 2.24. The molecule has 3 rings (SSSR count). The lowest BCUT2D eigenvalue weighted by Crippen LogP contribution is -2.48. The van der Waals surface area contributed by atoms with Crippen LogP contribution in [0.2, 0.25) is 0 Å². The van der Waals surface area contributed by atoms with Gasteiger partial charge in [0.2, 0.25) is 0 Å². The molecule has 7 heteroatoms. The molecule has 0 aromatic heterocycles. The predicted molar refractivity (Wildman–Crippen MR) is 138 cm³/mol. The lowest BCUT2D eigenvalue weighted by molar-refractivity contribution is 0.198. The molecule has 0 bridgehead atoms. The summed E-state index contributed by atoms with van der Waals surface area (Å²) in [6.45, 7) is 6.74. The van der Waals surface area contributed by atoms with Crippen LogP contribution in [-0.4, -0.2) is 50.8 Å². The van der Waals surface area contributed by atoms with E-state index in [0.29, 0.717) is 12.6 Å². The molecule has 2 aromatic carbocycles. The van der Waals surface area contributed by atoms with Crippen molar-refractivity contribution in [1.82, 2.24) is 15.5 Å². The van der Waals surface area contributed by atoms with Crippen LogP contribution in [0, 0.1) is 0 Å². The molecule has 1 heterocycles. The third-order valence-corrected chi connectivity index (χ3v) is 5.39. The van der Waals surface area contributed by atoms with Gasteiger partial charge in [0.05, 0.1) is 20.8 Å². The first-order valence-electron chi connectivity index (χ1n) is 10.7. The Morgan fingerprint density at radius 1 is 1.00 bits per heavy atom. The average Bonchev–Trinajstić information content (AvgIpc) is 2.79. The number of aliphatic imine (C=N–C) groups is 1. The molecule has 0 aliphatic carbocycles. The maximum Gasteiger partial charge on any atom is 0.191 e. The number of benzene rings is 2. The molecule has 2 aromatic rings. The van der Waals surface area contributed by atoms with Gasteiger partial charge >= 0.3 is 0 Å². The summed E-state index contributed by atoms with van der Waals surface area (Å²) in [7, 11) is 3.30. The van der Waals surface area contributed by atoms with Crippen molar-refractivity contribution in [3.63, 3.8) is 0 Å². The van der Waals surface area contributed by atoms with E-state index in [9.17, 15) is 0 Å². The van der Waals surface area contributed by atoms with Gasteiger partial charge in [-0.25, -0.2) is 4.99 Å². The fourth-order valence-electron chi connectivity index (χ4n) is 3.74. The number of piperidine rings is 1. The van der Waals surface area contributed by atoms with Crippen molar-refractivity contribution in [2.75, 3.05) is 33.9 Å². The van der Waals surface area contributed by atoms with E-state index in [2.05, 4.69) is 52.8 Å². The van der Waals surface area contributed by atoms with Crippen LogP contribution >= 0.6 is 24.0 Å². The Kier molecular flexibility index (Phi) is 10.9. The van der Waals surface area contributed by atoms with Crippen LogP contribution in [0.1, 0.15) is 30.9 Å². The minimum absolute atomic E-state index is 0.